The molecule has 0 spiro atoms. The normalized spacial score (nSPS) is 10.5. The largest absolute Gasteiger partial charge is 0.487 e. The van der Waals surface area contributed by atoms with E-state index in [1.807, 2.05) is 20.8 Å². The van der Waals surface area contributed by atoms with Crippen molar-refractivity contribution in [3.63, 3.8) is 0 Å². The molecule has 1 heterocycles. The van der Waals surface area contributed by atoms with Gasteiger partial charge in [0.2, 0.25) is 0 Å². The first-order valence-electron chi connectivity index (χ1n) is 6.08. The van der Waals surface area contributed by atoms with E-state index < -0.39 is 0 Å². The van der Waals surface area contributed by atoms with E-state index in [0.717, 1.165) is 28.1 Å². The number of nitrogens with two attached hydrogens (primary N) is 1. The van der Waals surface area contributed by atoms with Gasteiger partial charge in [0, 0.05) is 11.9 Å². The van der Waals surface area contributed by atoms with Crippen molar-refractivity contribution < 1.29 is 9.13 Å². The average molecular weight is 260 g/mol. The molecule has 4 heteroatoms. The Kier molecular flexibility index (Phi) is 3.69. The number of pyridine rings is 1. The fourth-order valence-corrected chi connectivity index (χ4v) is 1.86. The molecule has 100 valence electrons. The number of ether oxygens (including phenoxy) is 1. The molecule has 0 amide bonds. The summed E-state index contributed by atoms with van der Waals surface area (Å²) in [5, 5.41) is 0. The Morgan fingerprint density at radius 2 is 1.95 bits per heavy atom. The van der Waals surface area contributed by atoms with Crippen LogP contribution in [0.5, 0.6) is 5.75 Å². The maximum Gasteiger partial charge on any atom is 0.131 e. The minimum atomic E-state index is -0.265. The minimum absolute atomic E-state index is 0.265. The zero-order valence-corrected chi connectivity index (χ0v) is 11.3. The van der Waals surface area contributed by atoms with Gasteiger partial charge in [-0.15, -0.1) is 0 Å². The van der Waals surface area contributed by atoms with E-state index in [4.69, 9.17) is 10.5 Å². The maximum absolute atomic E-state index is 13.0. The van der Waals surface area contributed by atoms with Crippen molar-refractivity contribution in [2.24, 2.45) is 0 Å². The van der Waals surface area contributed by atoms with Crippen LogP contribution in [-0.4, -0.2) is 4.98 Å². The summed E-state index contributed by atoms with van der Waals surface area (Å²) in [4.78, 5) is 4.32. The van der Waals surface area contributed by atoms with Crippen LogP contribution in [0.3, 0.4) is 0 Å². The Balaban J connectivity index is 2.17. The molecule has 0 bridgehead atoms. The molecular weight excluding hydrogens is 243 g/mol. The monoisotopic (exact) mass is 260 g/mol. The second kappa shape index (κ2) is 5.26. The Hall–Kier alpha value is -2.10. The molecule has 0 aliphatic carbocycles. The van der Waals surface area contributed by atoms with E-state index >= 15 is 0 Å². The molecule has 2 rings (SSSR count). The molecule has 19 heavy (non-hydrogen) atoms. The van der Waals surface area contributed by atoms with Gasteiger partial charge in [-0.05, 0) is 55.7 Å². The third-order valence-corrected chi connectivity index (χ3v) is 3.18. The fraction of sp³-hybridized carbons (Fsp3) is 0.267. The van der Waals surface area contributed by atoms with Gasteiger partial charge in [-0.1, -0.05) is 0 Å². The average Bonchev–Trinajstić information content (AvgIpc) is 2.37. The lowest BCUT2D eigenvalue weighted by molar-refractivity contribution is 0.298. The molecule has 1 aromatic heterocycles. The van der Waals surface area contributed by atoms with Crippen LogP contribution in [0.1, 0.15) is 22.4 Å². The summed E-state index contributed by atoms with van der Waals surface area (Å²) in [6.07, 6.45) is 1.73. The van der Waals surface area contributed by atoms with E-state index in [-0.39, 0.29) is 5.82 Å². The first kappa shape index (κ1) is 13.3. The van der Waals surface area contributed by atoms with Crippen LogP contribution in [-0.2, 0) is 6.61 Å². The molecule has 0 atom stereocenters. The van der Waals surface area contributed by atoms with Crippen LogP contribution >= 0.6 is 0 Å². The molecule has 0 saturated carbocycles. The number of rotatable bonds is 3. The second-order valence-corrected chi connectivity index (χ2v) is 4.63. The highest BCUT2D eigenvalue weighted by Gasteiger charge is 2.08. The molecule has 2 aromatic rings. The van der Waals surface area contributed by atoms with E-state index in [0.29, 0.717) is 12.4 Å². The molecule has 2 N–H and O–H groups in total. The highest BCUT2D eigenvalue weighted by molar-refractivity contribution is 5.53. The zero-order valence-electron chi connectivity index (χ0n) is 11.3. The first-order chi connectivity index (χ1) is 8.99. The van der Waals surface area contributed by atoms with Gasteiger partial charge in [-0.25, -0.2) is 4.39 Å². The van der Waals surface area contributed by atoms with Crippen LogP contribution < -0.4 is 10.5 Å². The lowest BCUT2D eigenvalue weighted by atomic mass is 10.1. The Labute approximate surface area is 112 Å². The molecule has 0 aliphatic heterocycles. The number of benzene rings is 1. The van der Waals surface area contributed by atoms with Crippen molar-refractivity contribution in [1.29, 1.82) is 0 Å². The van der Waals surface area contributed by atoms with Crippen LogP contribution in [0.2, 0.25) is 0 Å². The molecule has 0 fully saturated rings. The first-order valence-corrected chi connectivity index (χ1v) is 6.08. The molecular formula is C15H17FN2O. The Morgan fingerprint density at radius 3 is 2.63 bits per heavy atom. The van der Waals surface area contributed by atoms with E-state index in [1.165, 1.54) is 12.1 Å². The highest BCUT2D eigenvalue weighted by Crippen LogP contribution is 2.22. The van der Waals surface area contributed by atoms with Crippen molar-refractivity contribution in [2.75, 3.05) is 5.73 Å². The summed E-state index contributed by atoms with van der Waals surface area (Å²) in [7, 11) is 0. The number of aromatic nitrogens is 1. The topological polar surface area (TPSA) is 48.1 Å². The van der Waals surface area contributed by atoms with Gasteiger partial charge in [0.05, 0.1) is 5.69 Å². The Morgan fingerprint density at radius 1 is 1.21 bits per heavy atom. The number of halogens is 1. The van der Waals surface area contributed by atoms with Gasteiger partial charge in [-0.3, -0.25) is 4.98 Å². The van der Waals surface area contributed by atoms with Gasteiger partial charge in [-0.2, -0.15) is 0 Å². The quantitative estimate of drug-likeness (QED) is 0.921. The summed E-state index contributed by atoms with van der Waals surface area (Å²) in [6.45, 7) is 5.97. The third-order valence-electron chi connectivity index (χ3n) is 3.18. The molecule has 3 nitrogen and oxygen atoms in total. The van der Waals surface area contributed by atoms with Crippen LogP contribution in [0, 0.1) is 26.6 Å². The molecule has 0 aliphatic rings. The third kappa shape index (κ3) is 2.84. The smallest absolute Gasteiger partial charge is 0.131 e. The number of hydrogen-bond acceptors (Lipinski definition) is 3. The van der Waals surface area contributed by atoms with Gasteiger partial charge in [0.1, 0.15) is 18.2 Å². The second-order valence-electron chi connectivity index (χ2n) is 4.63. The van der Waals surface area contributed by atoms with E-state index in [9.17, 15) is 4.39 Å². The fourth-order valence-electron chi connectivity index (χ4n) is 1.86. The Bertz CT molecular complexity index is 611. The molecule has 1 aromatic carbocycles. The molecule has 0 unspecified atom stereocenters. The lowest BCUT2D eigenvalue weighted by Gasteiger charge is -2.12. The molecule has 0 radical (unpaired) electrons. The number of nitrogens with zero attached hydrogens (tertiary/aromatic N) is 1. The summed E-state index contributed by atoms with van der Waals surface area (Å²) in [5.41, 5.74) is 10.1. The predicted molar refractivity (Wildman–Crippen MR) is 73.6 cm³/mol. The summed E-state index contributed by atoms with van der Waals surface area (Å²) < 4.78 is 18.7. The SMILES string of the molecule is Cc1cc(F)ccc1OCc1ncc(C)c(N)c1C. The van der Waals surface area contributed by atoms with Gasteiger partial charge >= 0.3 is 0 Å². The lowest BCUT2D eigenvalue weighted by Crippen LogP contribution is -2.05. The van der Waals surface area contributed by atoms with Gasteiger partial charge in [0.15, 0.2) is 0 Å². The van der Waals surface area contributed by atoms with Crippen LogP contribution in [0.15, 0.2) is 24.4 Å². The zero-order chi connectivity index (χ0) is 14.0. The highest BCUT2D eigenvalue weighted by atomic mass is 19.1. The molecule has 0 saturated heterocycles. The van der Waals surface area contributed by atoms with Crippen molar-refractivity contribution in [2.45, 2.75) is 27.4 Å². The number of hydrogen-bond donors (Lipinski definition) is 1. The summed E-state index contributed by atoms with van der Waals surface area (Å²) >= 11 is 0. The standard InChI is InChI=1S/C15H17FN2O/c1-9-6-12(16)4-5-14(9)19-8-13-11(3)15(17)10(2)7-18-13/h4-7H,8H2,1-3H3,(H2,17,18). The number of anilines is 1. The van der Waals surface area contributed by atoms with Gasteiger partial charge < -0.3 is 10.5 Å². The van der Waals surface area contributed by atoms with Gasteiger partial charge in [0.25, 0.3) is 0 Å². The summed E-state index contributed by atoms with van der Waals surface area (Å²) in [6, 6.07) is 4.45. The number of nitrogen functional groups attached to an aromatic ring is 1. The van der Waals surface area contributed by atoms with E-state index in [2.05, 4.69) is 4.98 Å². The van der Waals surface area contributed by atoms with Crippen molar-refractivity contribution in [3.8, 4) is 5.75 Å². The predicted octanol–water partition coefficient (Wildman–Crippen LogP) is 3.31. The van der Waals surface area contributed by atoms with Crippen LogP contribution in [0.25, 0.3) is 0 Å². The maximum atomic E-state index is 13.0. The summed E-state index contributed by atoms with van der Waals surface area (Å²) in [5.74, 6) is 0.389. The van der Waals surface area contributed by atoms with Crippen molar-refractivity contribution >= 4 is 5.69 Å². The van der Waals surface area contributed by atoms with Crippen molar-refractivity contribution in [1.82, 2.24) is 4.98 Å². The van der Waals surface area contributed by atoms with E-state index in [1.54, 1.807) is 12.3 Å². The number of aryl methyl sites for hydroxylation is 2. The minimum Gasteiger partial charge on any atom is -0.487 e. The van der Waals surface area contributed by atoms with Crippen LogP contribution in [0.4, 0.5) is 10.1 Å². The van der Waals surface area contributed by atoms with Crippen molar-refractivity contribution in [3.05, 3.63) is 52.6 Å².